The van der Waals surface area contributed by atoms with Gasteiger partial charge in [-0.05, 0) is 36.2 Å². The van der Waals surface area contributed by atoms with Gasteiger partial charge in [0.25, 0.3) is 0 Å². The molecule has 0 radical (unpaired) electrons. The third kappa shape index (κ3) is 5.02. The van der Waals surface area contributed by atoms with Crippen molar-refractivity contribution in [2.24, 2.45) is 4.40 Å². The average molecular weight is 284 g/mol. The van der Waals surface area contributed by atoms with Crippen LogP contribution in [0.15, 0.2) is 63.9 Å². The Bertz CT molecular complexity index is 563. The average Bonchev–Trinajstić information content (AvgIpc) is 2.52. The molecule has 0 aliphatic carbocycles. The van der Waals surface area contributed by atoms with Gasteiger partial charge in [0.15, 0.2) is 0 Å². The first-order valence-corrected chi connectivity index (χ1v) is 7.23. The van der Waals surface area contributed by atoms with Crippen molar-refractivity contribution in [2.45, 2.75) is 17.9 Å². The second-order valence-corrected chi connectivity index (χ2v) is 5.17. The summed E-state index contributed by atoms with van der Waals surface area (Å²) in [6.45, 7) is 1.83. The quantitative estimate of drug-likeness (QED) is 0.367. The number of hydrogen-bond donors (Lipinski definition) is 1. The van der Waals surface area contributed by atoms with Crippen LogP contribution in [0.1, 0.15) is 11.1 Å². The molecule has 0 aliphatic heterocycles. The molecule has 2 aromatic carbocycles. The summed E-state index contributed by atoms with van der Waals surface area (Å²) in [7, 11) is 0. The smallest absolute Gasteiger partial charge is 0.247 e. The maximum Gasteiger partial charge on any atom is 0.247 e. The van der Waals surface area contributed by atoms with Crippen LogP contribution in [0.3, 0.4) is 0 Å². The summed E-state index contributed by atoms with van der Waals surface area (Å²) >= 11 is 1.14. The van der Waals surface area contributed by atoms with Crippen LogP contribution in [-0.2, 0) is 17.8 Å². The SMILES string of the molecule is O=C=NSc1ccc(CCNCc2ccccc2)cc1. The molecule has 0 heterocycles. The van der Waals surface area contributed by atoms with Crippen LogP contribution >= 0.6 is 11.9 Å². The highest BCUT2D eigenvalue weighted by Crippen LogP contribution is 2.18. The Kier molecular flexibility index (Phi) is 6.06. The lowest BCUT2D eigenvalue weighted by molar-refractivity contribution is 0.566. The standard InChI is InChI=1S/C16H16N2OS/c19-13-18-20-16-8-6-14(7-9-16)10-11-17-12-15-4-2-1-3-5-15/h1-9,17H,10-12H2. The number of isocyanates is 1. The lowest BCUT2D eigenvalue weighted by Gasteiger charge is -2.05. The normalized spacial score (nSPS) is 10.0. The van der Waals surface area contributed by atoms with Crippen LogP contribution in [0.5, 0.6) is 0 Å². The van der Waals surface area contributed by atoms with E-state index >= 15 is 0 Å². The fraction of sp³-hybridized carbons (Fsp3) is 0.188. The minimum absolute atomic E-state index is 0.892. The van der Waals surface area contributed by atoms with Crippen LogP contribution < -0.4 is 5.32 Å². The van der Waals surface area contributed by atoms with Gasteiger partial charge in [0.05, 0.1) is 0 Å². The van der Waals surface area contributed by atoms with Crippen molar-refractivity contribution >= 4 is 18.0 Å². The van der Waals surface area contributed by atoms with Crippen LogP contribution in [0.4, 0.5) is 0 Å². The van der Waals surface area contributed by atoms with E-state index in [4.69, 9.17) is 0 Å². The van der Waals surface area contributed by atoms with Gasteiger partial charge in [-0.2, -0.15) is 0 Å². The van der Waals surface area contributed by atoms with E-state index in [0.717, 1.165) is 36.4 Å². The van der Waals surface area contributed by atoms with E-state index in [1.165, 1.54) is 17.2 Å². The number of benzene rings is 2. The summed E-state index contributed by atoms with van der Waals surface area (Å²) in [5.74, 6) is 0. The fourth-order valence-corrected chi connectivity index (χ4v) is 2.25. The minimum Gasteiger partial charge on any atom is -0.312 e. The van der Waals surface area contributed by atoms with Crippen molar-refractivity contribution in [3.8, 4) is 0 Å². The van der Waals surface area contributed by atoms with E-state index in [1.807, 2.05) is 18.2 Å². The first kappa shape index (κ1) is 14.5. The highest BCUT2D eigenvalue weighted by atomic mass is 32.2. The summed E-state index contributed by atoms with van der Waals surface area (Å²) in [4.78, 5) is 11.0. The maximum atomic E-state index is 10.0. The predicted octanol–water partition coefficient (Wildman–Crippen LogP) is 3.36. The van der Waals surface area contributed by atoms with Gasteiger partial charge in [0, 0.05) is 23.4 Å². The molecule has 2 aromatic rings. The van der Waals surface area contributed by atoms with Crippen LogP contribution in [-0.4, -0.2) is 12.6 Å². The topological polar surface area (TPSA) is 41.5 Å². The highest BCUT2D eigenvalue weighted by Gasteiger charge is 1.96. The molecule has 3 nitrogen and oxygen atoms in total. The molecule has 1 N–H and O–H groups in total. The molecule has 0 saturated heterocycles. The van der Waals surface area contributed by atoms with Gasteiger partial charge in [0.1, 0.15) is 0 Å². The zero-order chi connectivity index (χ0) is 14.0. The number of hydrogen-bond acceptors (Lipinski definition) is 4. The molecule has 0 bridgehead atoms. The largest absolute Gasteiger partial charge is 0.312 e. The van der Waals surface area contributed by atoms with Gasteiger partial charge in [-0.15, -0.1) is 4.40 Å². The Hall–Kier alpha value is -1.87. The van der Waals surface area contributed by atoms with Gasteiger partial charge in [-0.3, -0.25) is 0 Å². The van der Waals surface area contributed by atoms with E-state index in [9.17, 15) is 4.79 Å². The molecule has 4 heteroatoms. The van der Waals surface area contributed by atoms with Gasteiger partial charge in [-0.25, -0.2) is 4.79 Å². The number of carbonyl (C=O) groups excluding carboxylic acids is 1. The van der Waals surface area contributed by atoms with Crippen LogP contribution in [0, 0.1) is 0 Å². The first-order chi connectivity index (χ1) is 9.88. The molecule has 0 atom stereocenters. The van der Waals surface area contributed by atoms with Gasteiger partial charge >= 0.3 is 0 Å². The lowest BCUT2D eigenvalue weighted by Crippen LogP contribution is -2.16. The number of nitrogens with zero attached hydrogens (tertiary/aromatic N) is 1. The monoisotopic (exact) mass is 284 g/mol. The summed E-state index contributed by atoms with van der Waals surface area (Å²) in [5.41, 5.74) is 2.57. The van der Waals surface area contributed by atoms with Crippen molar-refractivity contribution in [3.05, 3.63) is 65.7 Å². The van der Waals surface area contributed by atoms with Crippen LogP contribution in [0.2, 0.25) is 0 Å². The van der Waals surface area contributed by atoms with E-state index in [-0.39, 0.29) is 0 Å². The molecule has 0 unspecified atom stereocenters. The third-order valence-corrected chi connectivity index (χ3v) is 3.52. The molecule has 2 rings (SSSR count). The Labute approximate surface area is 123 Å². The van der Waals surface area contributed by atoms with Crippen molar-refractivity contribution in [1.29, 1.82) is 0 Å². The fourth-order valence-electron chi connectivity index (χ4n) is 1.85. The van der Waals surface area contributed by atoms with Crippen molar-refractivity contribution in [3.63, 3.8) is 0 Å². The molecule has 0 fully saturated rings. The molecule has 0 aromatic heterocycles. The molecular formula is C16H16N2OS. The highest BCUT2D eigenvalue weighted by molar-refractivity contribution is 7.98. The van der Waals surface area contributed by atoms with Crippen molar-refractivity contribution in [1.82, 2.24) is 5.32 Å². The molecule has 0 spiro atoms. The Morgan fingerprint density at radius 3 is 2.45 bits per heavy atom. The number of nitrogens with one attached hydrogen (secondary N) is 1. The lowest BCUT2D eigenvalue weighted by atomic mass is 10.1. The summed E-state index contributed by atoms with van der Waals surface area (Å²) in [5, 5.41) is 3.42. The summed E-state index contributed by atoms with van der Waals surface area (Å²) < 4.78 is 3.48. The van der Waals surface area contributed by atoms with Gasteiger partial charge in [-0.1, -0.05) is 42.5 Å². The zero-order valence-corrected chi connectivity index (χ0v) is 11.9. The maximum absolute atomic E-state index is 10.0. The molecule has 0 amide bonds. The number of rotatable bonds is 7. The molecule has 0 aliphatic rings. The summed E-state index contributed by atoms with van der Waals surface area (Å²) in [6, 6.07) is 18.4. The van der Waals surface area contributed by atoms with Gasteiger partial charge < -0.3 is 5.32 Å². The third-order valence-electron chi connectivity index (χ3n) is 2.87. The van der Waals surface area contributed by atoms with E-state index < -0.39 is 0 Å². The minimum atomic E-state index is 0.892. The van der Waals surface area contributed by atoms with E-state index in [2.05, 4.69) is 46.1 Å². The van der Waals surface area contributed by atoms with Gasteiger partial charge in [0.2, 0.25) is 6.08 Å². The van der Waals surface area contributed by atoms with Crippen LogP contribution in [0.25, 0.3) is 0 Å². The molecule has 102 valence electrons. The summed E-state index contributed by atoms with van der Waals surface area (Å²) in [6.07, 6.45) is 2.50. The van der Waals surface area contributed by atoms with Crippen molar-refractivity contribution < 1.29 is 4.79 Å². The predicted molar refractivity (Wildman–Crippen MR) is 82.3 cm³/mol. The second-order valence-electron chi connectivity index (χ2n) is 4.33. The van der Waals surface area contributed by atoms with Crippen molar-refractivity contribution in [2.75, 3.05) is 6.54 Å². The second kappa shape index (κ2) is 8.33. The Balaban J connectivity index is 1.72. The van der Waals surface area contributed by atoms with E-state index in [1.54, 1.807) is 0 Å². The molecule has 20 heavy (non-hydrogen) atoms. The zero-order valence-electron chi connectivity index (χ0n) is 11.1. The Morgan fingerprint density at radius 1 is 1.00 bits per heavy atom. The molecule has 0 saturated carbocycles. The molecular weight excluding hydrogens is 268 g/mol. The Morgan fingerprint density at radius 2 is 1.75 bits per heavy atom. The first-order valence-electron chi connectivity index (χ1n) is 6.46. The van der Waals surface area contributed by atoms with E-state index in [0.29, 0.717) is 0 Å².